The second-order valence-corrected chi connectivity index (χ2v) is 7.49. The number of carbonyl (C=O) groups is 1. The first-order valence-electron chi connectivity index (χ1n) is 9.77. The van der Waals surface area contributed by atoms with Gasteiger partial charge in [0.2, 0.25) is 0 Å². The Morgan fingerprint density at radius 2 is 2.03 bits per heavy atom. The largest absolute Gasteiger partial charge is 0.493 e. The van der Waals surface area contributed by atoms with Gasteiger partial charge in [-0.3, -0.25) is 4.79 Å². The number of methoxy groups -OCH3 is 1. The van der Waals surface area contributed by atoms with Crippen molar-refractivity contribution < 1.29 is 18.7 Å². The first-order valence-corrected chi connectivity index (χ1v) is 10.1. The minimum absolute atomic E-state index is 0.245. The molecule has 0 atom stereocenters. The van der Waals surface area contributed by atoms with E-state index in [0.717, 1.165) is 18.4 Å². The number of halogens is 1. The van der Waals surface area contributed by atoms with E-state index in [4.69, 9.17) is 25.5 Å². The molecular weight excluding hydrogens is 392 g/mol. The molecule has 1 aliphatic rings. The highest BCUT2D eigenvalue weighted by atomic mass is 35.5. The highest BCUT2D eigenvalue weighted by Gasteiger charge is 2.15. The first kappa shape index (κ1) is 19.7. The zero-order valence-corrected chi connectivity index (χ0v) is 17.1. The van der Waals surface area contributed by atoms with Gasteiger partial charge in [0.15, 0.2) is 29.3 Å². The molecule has 0 radical (unpaired) electrons. The van der Waals surface area contributed by atoms with E-state index in [-0.39, 0.29) is 5.76 Å². The molecule has 6 nitrogen and oxygen atoms in total. The lowest BCUT2D eigenvalue weighted by atomic mass is 10.1. The van der Waals surface area contributed by atoms with Crippen molar-refractivity contribution in [2.24, 2.45) is 0 Å². The van der Waals surface area contributed by atoms with E-state index >= 15 is 0 Å². The fourth-order valence-electron chi connectivity index (χ4n) is 3.62. The van der Waals surface area contributed by atoms with Crippen molar-refractivity contribution in [1.29, 1.82) is 0 Å². The summed E-state index contributed by atoms with van der Waals surface area (Å²) in [5.41, 5.74) is 1.23. The molecule has 2 aromatic heterocycles. The molecule has 29 heavy (non-hydrogen) atoms. The highest BCUT2D eigenvalue weighted by molar-refractivity contribution is 6.35. The lowest BCUT2D eigenvalue weighted by Gasteiger charge is -2.16. The zero-order valence-electron chi connectivity index (χ0n) is 16.3. The molecule has 0 saturated carbocycles. The fraction of sp³-hybridized carbons (Fsp3) is 0.364. The number of benzene rings is 1. The van der Waals surface area contributed by atoms with Crippen molar-refractivity contribution in [1.82, 2.24) is 9.88 Å². The number of hydrogen-bond donors (Lipinski definition) is 0. The van der Waals surface area contributed by atoms with Crippen LogP contribution < -0.4 is 9.47 Å². The van der Waals surface area contributed by atoms with Crippen LogP contribution in [0.1, 0.15) is 29.8 Å². The van der Waals surface area contributed by atoms with E-state index in [1.165, 1.54) is 25.9 Å². The molecule has 0 unspecified atom stereocenters. The van der Waals surface area contributed by atoms with Crippen LogP contribution in [0.5, 0.6) is 11.5 Å². The average molecular weight is 415 g/mol. The van der Waals surface area contributed by atoms with Crippen molar-refractivity contribution >= 4 is 28.8 Å². The number of furan rings is 1. The summed E-state index contributed by atoms with van der Waals surface area (Å²) in [6, 6.07) is 8.69. The van der Waals surface area contributed by atoms with E-state index in [9.17, 15) is 4.79 Å². The minimum atomic E-state index is 0.245. The Labute approximate surface area is 174 Å². The molecule has 3 aromatic rings. The second-order valence-electron chi connectivity index (χ2n) is 7.08. The number of aromatic nitrogens is 1. The summed E-state index contributed by atoms with van der Waals surface area (Å²) >= 11 is 6.48. The van der Waals surface area contributed by atoms with E-state index in [2.05, 4.69) is 9.88 Å². The number of fused-ring (bicyclic) bond motifs is 1. The SMILES string of the molecule is COc1cc2c(Cl)cc(-c3ccc(C=O)o3)nc2cc1OCCCN1CCCC1. The number of ether oxygens (including phenoxy) is 2. The van der Waals surface area contributed by atoms with Gasteiger partial charge in [0.05, 0.1) is 24.3 Å². The van der Waals surface area contributed by atoms with Gasteiger partial charge in [-0.25, -0.2) is 4.98 Å². The summed E-state index contributed by atoms with van der Waals surface area (Å²) < 4.78 is 17.0. The molecular formula is C22H23ClN2O4. The molecule has 0 bridgehead atoms. The number of carbonyl (C=O) groups excluding carboxylic acids is 1. The van der Waals surface area contributed by atoms with Gasteiger partial charge in [0.1, 0.15) is 5.69 Å². The Hall–Kier alpha value is -2.57. The maximum Gasteiger partial charge on any atom is 0.185 e. The Morgan fingerprint density at radius 3 is 2.76 bits per heavy atom. The van der Waals surface area contributed by atoms with Crippen molar-refractivity contribution in [3.63, 3.8) is 0 Å². The predicted molar refractivity (Wildman–Crippen MR) is 112 cm³/mol. The number of hydrogen-bond acceptors (Lipinski definition) is 6. The second kappa shape index (κ2) is 8.84. The van der Waals surface area contributed by atoms with E-state index < -0.39 is 0 Å². The Balaban J connectivity index is 1.57. The lowest BCUT2D eigenvalue weighted by molar-refractivity contribution is 0.110. The van der Waals surface area contributed by atoms with Gasteiger partial charge in [0.25, 0.3) is 0 Å². The summed E-state index contributed by atoms with van der Waals surface area (Å²) in [4.78, 5) is 18.0. The van der Waals surface area contributed by atoms with Gasteiger partial charge < -0.3 is 18.8 Å². The maximum absolute atomic E-state index is 10.9. The van der Waals surface area contributed by atoms with Gasteiger partial charge in [-0.2, -0.15) is 0 Å². The van der Waals surface area contributed by atoms with Crippen LogP contribution in [0.15, 0.2) is 34.7 Å². The summed E-state index contributed by atoms with van der Waals surface area (Å²) in [5, 5.41) is 1.28. The third kappa shape index (κ3) is 4.38. The third-order valence-corrected chi connectivity index (χ3v) is 5.43. The van der Waals surface area contributed by atoms with Gasteiger partial charge in [-0.05, 0) is 56.6 Å². The minimum Gasteiger partial charge on any atom is -0.493 e. The number of likely N-dealkylation sites (tertiary alicyclic amines) is 1. The maximum atomic E-state index is 10.9. The first-order chi connectivity index (χ1) is 14.2. The molecule has 0 aliphatic carbocycles. The molecule has 3 heterocycles. The van der Waals surface area contributed by atoms with Crippen LogP contribution in [0, 0.1) is 0 Å². The molecule has 0 N–H and O–H groups in total. The number of pyridine rings is 1. The molecule has 1 aromatic carbocycles. The molecule has 0 amide bonds. The number of rotatable bonds is 8. The van der Waals surface area contributed by atoms with E-state index in [1.807, 2.05) is 12.1 Å². The highest BCUT2D eigenvalue weighted by Crippen LogP contribution is 2.36. The van der Waals surface area contributed by atoms with E-state index in [0.29, 0.717) is 46.4 Å². The van der Waals surface area contributed by atoms with Crippen LogP contribution in [0.4, 0.5) is 0 Å². The molecule has 1 aliphatic heterocycles. The molecule has 1 saturated heterocycles. The van der Waals surface area contributed by atoms with Crippen LogP contribution in [0.2, 0.25) is 5.02 Å². The van der Waals surface area contributed by atoms with Gasteiger partial charge in [-0.15, -0.1) is 0 Å². The Kier molecular flexibility index (Phi) is 6.02. The smallest absolute Gasteiger partial charge is 0.185 e. The standard InChI is InChI=1S/C22H23ClN2O4/c1-27-21-11-16-17(23)12-19(20-6-5-15(14-26)29-20)24-18(16)13-22(21)28-10-4-9-25-7-2-3-8-25/h5-6,11-14H,2-4,7-10H2,1H3. The van der Waals surface area contributed by atoms with Gasteiger partial charge in [0, 0.05) is 18.0 Å². The fourth-order valence-corrected chi connectivity index (χ4v) is 3.88. The third-order valence-electron chi connectivity index (χ3n) is 5.11. The molecule has 4 rings (SSSR count). The molecule has 1 fully saturated rings. The summed E-state index contributed by atoms with van der Waals surface area (Å²) in [7, 11) is 1.61. The zero-order chi connectivity index (χ0) is 20.2. The summed E-state index contributed by atoms with van der Waals surface area (Å²) in [6.07, 6.45) is 4.19. The Morgan fingerprint density at radius 1 is 1.21 bits per heavy atom. The van der Waals surface area contributed by atoms with Crippen LogP contribution in [0.25, 0.3) is 22.4 Å². The van der Waals surface area contributed by atoms with Crippen molar-refractivity contribution in [2.45, 2.75) is 19.3 Å². The van der Waals surface area contributed by atoms with Crippen molar-refractivity contribution in [3.05, 3.63) is 41.1 Å². The number of aldehydes is 1. The van der Waals surface area contributed by atoms with Crippen molar-refractivity contribution in [2.75, 3.05) is 33.4 Å². The topological polar surface area (TPSA) is 64.8 Å². The van der Waals surface area contributed by atoms with Crippen LogP contribution in [0.3, 0.4) is 0 Å². The molecule has 7 heteroatoms. The molecule has 0 spiro atoms. The van der Waals surface area contributed by atoms with Crippen LogP contribution in [-0.4, -0.2) is 49.5 Å². The van der Waals surface area contributed by atoms with Crippen molar-refractivity contribution in [3.8, 4) is 23.0 Å². The quantitative estimate of drug-likeness (QED) is 0.388. The van der Waals surface area contributed by atoms with Crippen LogP contribution in [-0.2, 0) is 0 Å². The Bertz CT molecular complexity index is 1010. The van der Waals surface area contributed by atoms with Gasteiger partial charge >= 0.3 is 0 Å². The lowest BCUT2D eigenvalue weighted by Crippen LogP contribution is -2.21. The number of nitrogens with zero attached hydrogens (tertiary/aromatic N) is 2. The molecule has 152 valence electrons. The summed E-state index contributed by atoms with van der Waals surface area (Å²) in [5.74, 6) is 1.99. The van der Waals surface area contributed by atoms with Crippen LogP contribution >= 0.6 is 11.6 Å². The van der Waals surface area contributed by atoms with E-state index in [1.54, 1.807) is 25.3 Å². The monoisotopic (exact) mass is 414 g/mol. The average Bonchev–Trinajstić information content (AvgIpc) is 3.42. The predicted octanol–water partition coefficient (Wildman–Crippen LogP) is 4.83. The summed E-state index contributed by atoms with van der Waals surface area (Å²) in [6.45, 7) is 4.01. The van der Waals surface area contributed by atoms with Gasteiger partial charge in [-0.1, -0.05) is 11.6 Å². The normalized spacial score (nSPS) is 14.4.